The van der Waals surface area contributed by atoms with Gasteiger partial charge >= 0.3 is 0 Å². The van der Waals surface area contributed by atoms with Crippen molar-refractivity contribution >= 4 is 5.57 Å². The molecule has 0 N–H and O–H groups in total. The molecule has 0 saturated carbocycles. The average molecular weight is 491 g/mol. The highest BCUT2D eigenvalue weighted by Gasteiger charge is 2.17. The van der Waals surface area contributed by atoms with Crippen molar-refractivity contribution in [3.8, 4) is 0 Å². The first-order valence-corrected chi connectivity index (χ1v) is 13.5. The second-order valence-corrected chi connectivity index (χ2v) is 10.6. The zero-order valence-corrected chi connectivity index (χ0v) is 22.2. The van der Waals surface area contributed by atoms with E-state index in [0.29, 0.717) is 5.92 Å². The molecule has 1 aliphatic heterocycles. The highest BCUT2D eigenvalue weighted by atomic mass is 15.2. The van der Waals surface area contributed by atoms with Crippen molar-refractivity contribution in [1.29, 1.82) is 0 Å². The number of aromatic nitrogens is 2. The summed E-state index contributed by atoms with van der Waals surface area (Å²) in [6.45, 7) is 12.3. The minimum absolute atomic E-state index is 0.455. The maximum absolute atomic E-state index is 4.95. The van der Waals surface area contributed by atoms with E-state index in [4.69, 9.17) is 4.98 Å². The second kappa shape index (κ2) is 11.8. The van der Waals surface area contributed by atoms with Crippen LogP contribution >= 0.6 is 0 Å². The summed E-state index contributed by atoms with van der Waals surface area (Å²) in [5, 5.41) is 0. The number of rotatable bonds is 9. The molecule has 1 saturated heterocycles. The monoisotopic (exact) mass is 490 g/mol. The van der Waals surface area contributed by atoms with Gasteiger partial charge in [-0.2, -0.15) is 0 Å². The Hall–Kier alpha value is -3.34. The molecule has 0 bridgehead atoms. The Morgan fingerprint density at radius 2 is 1.73 bits per heavy atom. The summed E-state index contributed by atoms with van der Waals surface area (Å²) in [6, 6.07) is 21.6. The van der Waals surface area contributed by atoms with Gasteiger partial charge < -0.3 is 4.90 Å². The fourth-order valence-corrected chi connectivity index (χ4v) is 5.29. The summed E-state index contributed by atoms with van der Waals surface area (Å²) in [4.78, 5) is 14.5. The maximum atomic E-state index is 4.95. The number of benzene rings is 2. The molecule has 37 heavy (non-hydrogen) atoms. The maximum Gasteiger partial charge on any atom is 0.133 e. The van der Waals surface area contributed by atoms with Gasteiger partial charge in [0, 0.05) is 45.3 Å². The molecule has 2 aliphatic rings. The summed E-state index contributed by atoms with van der Waals surface area (Å²) in [7, 11) is 2.20. The topological polar surface area (TPSA) is 32.3 Å². The molecule has 3 aromatic rings. The summed E-state index contributed by atoms with van der Waals surface area (Å²) in [5.74, 6) is 1.33. The highest BCUT2D eigenvalue weighted by Crippen LogP contribution is 2.34. The van der Waals surface area contributed by atoms with Crippen molar-refractivity contribution in [2.75, 3.05) is 33.2 Å². The minimum atomic E-state index is 0.455. The van der Waals surface area contributed by atoms with Crippen LogP contribution in [0.25, 0.3) is 5.57 Å². The molecule has 5 rings (SSSR count). The quantitative estimate of drug-likeness (QED) is 0.353. The lowest BCUT2D eigenvalue weighted by molar-refractivity contribution is 0.148. The van der Waals surface area contributed by atoms with Crippen molar-refractivity contribution in [2.45, 2.75) is 38.6 Å². The molecule has 190 valence electrons. The standard InChI is InChI=1S/C33H38N4/c1-25(29-10-5-4-6-11-29)20-26(2)30-12-13-31(23-30)32-14-15-34-33(35-32)22-27-8-7-9-28(21-27)24-37-18-16-36(3)17-19-37/h4-15,21,25H,2,16-20,22-24H2,1,3H3/t25-/m0/s1. The Labute approximate surface area is 222 Å². The molecule has 1 atom stereocenters. The molecule has 4 heteroatoms. The number of hydrogen-bond donors (Lipinski definition) is 0. The van der Waals surface area contributed by atoms with Gasteiger partial charge in [-0.25, -0.2) is 9.97 Å². The van der Waals surface area contributed by atoms with Crippen molar-refractivity contribution < 1.29 is 0 Å². The SMILES string of the molecule is C=C(C[C@H](C)c1ccccc1)C1=CC=C(c2ccnc(Cc3cccc(CN4CCN(C)CC4)c3)n2)C1. The van der Waals surface area contributed by atoms with Gasteiger partial charge in [0.05, 0.1) is 5.69 Å². The van der Waals surface area contributed by atoms with E-state index in [1.165, 1.54) is 33.4 Å². The van der Waals surface area contributed by atoms with Crippen molar-refractivity contribution in [3.63, 3.8) is 0 Å². The van der Waals surface area contributed by atoms with Crippen LogP contribution in [-0.2, 0) is 13.0 Å². The first-order valence-electron chi connectivity index (χ1n) is 13.5. The van der Waals surface area contributed by atoms with Crippen LogP contribution in [0.1, 0.15) is 53.9 Å². The minimum Gasteiger partial charge on any atom is -0.304 e. The molecule has 1 fully saturated rings. The van der Waals surface area contributed by atoms with Gasteiger partial charge in [-0.3, -0.25) is 4.90 Å². The molecule has 0 unspecified atom stereocenters. The van der Waals surface area contributed by atoms with Crippen molar-refractivity contribution in [3.05, 3.63) is 125 Å². The van der Waals surface area contributed by atoms with Crippen LogP contribution in [0, 0.1) is 0 Å². The molecule has 0 spiro atoms. The average Bonchev–Trinajstić information content (AvgIpc) is 3.42. The Morgan fingerprint density at radius 3 is 2.54 bits per heavy atom. The summed E-state index contributed by atoms with van der Waals surface area (Å²) >= 11 is 0. The third-order valence-electron chi connectivity index (χ3n) is 7.63. The van der Waals surface area contributed by atoms with Gasteiger partial charge in [0.25, 0.3) is 0 Å². The fourth-order valence-electron chi connectivity index (χ4n) is 5.29. The van der Waals surface area contributed by atoms with E-state index < -0.39 is 0 Å². The molecular formula is C33H38N4. The number of likely N-dealkylation sites (N-methyl/N-ethyl adjacent to an activating group) is 1. The van der Waals surface area contributed by atoms with Gasteiger partial charge in [0.1, 0.15) is 5.82 Å². The van der Waals surface area contributed by atoms with Gasteiger partial charge in [0.2, 0.25) is 0 Å². The van der Waals surface area contributed by atoms with Crippen LogP contribution in [0.3, 0.4) is 0 Å². The Bertz CT molecular complexity index is 1280. The predicted molar refractivity (Wildman–Crippen MR) is 153 cm³/mol. The first kappa shape index (κ1) is 25.3. The predicted octanol–water partition coefficient (Wildman–Crippen LogP) is 6.28. The van der Waals surface area contributed by atoms with E-state index in [0.717, 1.165) is 63.5 Å². The van der Waals surface area contributed by atoms with Crippen LogP contribution < -0.4 is 0 Å². The normalized spacial score (nSPS) is 17.4. The van der Waals surface area contributed by atoms with Crippen LogP contribution in [0.2, 0.25) is 0 Å². The highest BCUT2D eigenvalue weighted by molar-refractivity contribution is 5.72. The number of piperazine rings is 1. The smallest absolute Gasteiger partial charge is 0.133 e. The van der Waals surface area contributed by atoms with E-state index in [1.807, 2.05) is 12.3 Å². The zero-order valence-electron chi connectivity index (χ0n) is 22.2. The molecule has 2 heterocycles. The van der Waals surface area contributed by atoms with Crippen LogP contribution in [0.4, 0.5) is 0 Å². The van der Waals surface area contributed by atoms with E-state index in [1.54, 1.807) is 0 Å². The van der Waals surface area contributed by atoms with Gasteiger partial charge in [-0.1, -0.05) is 85.8 Å². The summed E-state index contributed by atoms with van der Waals surface area (Å²) in [6.07, 6.45) is 8.93. The van der Waals surface area contributed by atoms with E-state index in [9.17, 15) is 0 Å². The Balaban J connectivity index is 1.18. The number of nitrogens with zero attached hydrogens (tertiary/aromatic N) is 4. The molecule has 1 aromatic heterocycles. The molecule has 0 radical (unpaired) electrons. The summed E-state index contributed by atoms with van der Waals surface area (Å²) < 4.78 is 0. The van der Waals surface area contributed by atoms with Crippen molar-refractivity contribution in [1.82, 2.24) is 19.8 Å². The Morgan fingerprint density at radius 1 is 0.946 bits per heavy atom. The molecule has 2 aromatic carbocycles. The van der Waals surface area contributed by atoms with Gasteiger partial charge in [-0.15, -0.1) is 0 Å². The van der Waals surface area contributed by atoms with Gasteiger partial charge in [0.15, 0.2) is 0 Å². The molecule has 4 nitrogen and oxygen atoms in total. The van der Waals surface area contributed by atoms with E-state index in [-0.39, 0.29) is 0 Å². The van der Waals surface area contributed by atoms with E-state index >= 15 is 0 Å². The largest absolute Gasteiger partial charge is 0.304 e. The first-order chi connectivity index (χ1) is 18.0. The van der Waals surface area contributed by atoms with Crippen molar-refractivity contribution in [2.24, 2.45) is 0 Å². The molecule has 1 aliphatic carbocycles. The zero-order chi connectivity index (χ0) is 25.6. The lowest BCUT2D eigenvalue weighted by Gasteiger charge is -2.32. The third-order valence-corrected chi connectivity index (χ3v) is 7.63. The second-order valence-electron chi connectivity index (χ2n) is 10.6. The van der Waals surface area contributed by atoms with Crippen LogP contribution in [0.5, 0.6) is 0 Å². The fraction of sp³-hybridized carbons (Fsp3) is 0.333. The van der Waals surface area contributed by atoms with E-state index in [2.05, 4.69) is 102 Å². The lowest BCUT2D eigenvalue weighted by atomic mass is 9.90. The lowest BCUT2D eigenvalue weighted by Crippen LogP contribution is -2.43. The van der Waals surface area contributed by atoms with Crippen LogP contribution in [0.15, 0.2) is 96.7 Å². The molecule has 0 amide bonds. The van der Waals surface area contributed by atoms with Gasteiger partial charge in [-0.05, 0) is 59.7 Å². The number of allylic oxidation sites excluding steroid dienone is 5. The number of hydrogen-bond acceptors (Lipinski definition) is 4. The molecular weight excluding hydrogens is 452 g/mol. The third kappa shape index (κ3) is 6.71. The summed E-state index contributed by atoms with van der Waals surface area (Å²) in [5.41, 5.74) is 8.80. The Kier molecular flexibility index (Phi) is 8.08. The van der Waals surface area contributed by atoms with Crippen LogP contribution in [-0.4, -0.2) is 53.0 Å².